The first-order valence-corrected chi connectivity index (χ1v) is 4.41. The van der Waals surface area contributed by atoms with E-state index in [2.05, 4.69) is 0 Å². The second-order valence-corrected chi connectivity index (χ2v) is 3.47. The molecule has 0 aromatic heterocycles. The van der Waals surface area contributed by atoms with E-state index in [4.69, 9.17) is 5.11 Å². The summed E-state index contributed by atoms with van der Waals surface area (Å²) in [6.45, 7) is 6.01. The van der Waals surface area contributed by atoms with Crippen LogP contribution in [-0.4, -0.2) is 11.1 Å². The molecule has 0 bridgehead atoms. The highest BCUT2D eigenvalue weighted by Crippen LogP contribution is 2.15. The molecule has 0 fully saturated rings. The van der Waals surface area contributed by atoms with Crippen molar-refractivity contribution in [3.63, 3.8) is 0 Å². The summed E-state index contributed by atoms with van der Waals surface area (Å²) < 4.78 is 0. The third-order valence-corrected chi connectivity index (χ3v) is 1.76. The van der Waals surface area contributed by atoms with Crippen molar-refractivity contribution >= 4 is 5.97 Å². The standard InChI is InChI=1S/C10H18O2/c1-4-5-6-9(10(11)12)7-8(2)3/h4-5,8-9H,6-7H2,1-3H3,(H,11,12)/b5-4+. The molecule has 12 heavy (non-hydrogen) atoms. The number of carbonyl (C=O) groups is 1. The Morgan fingerprint density at radius 3 is 2.42 bits per heavy atom. The molecule has 0 rings (SSSR count). The van der Waals surface area contributed by atoms with E-state index in [1.165, 1.54) is 0 Å². The molecule has 0 radical (unpaired) electrons. The molecule has 0 aliphatic heterocycles. The predicted octanol–water partition coefficient (Wildman–Crippen LogP) is 2.70. The van der Waals surface area contributed by atoms with Gasteiger partial charge in [-0.15, -0.1) is 0 Å². The van der Waals surface area contributed by atoms with Crippen LogP contribution in [0.4, 0.5) is 0 Å². The fraction of sp³-hybridized carbons (Fsp3) is 0.700. The summed E-state index contributed by atoms with van der Waals surface area (Å²) in [5.74, 6) is -0.431. The lowest BCUT2D eigenvalue weighted by Gasteiger charge is -2.11. The van der Waals surface area contributed by atoms with Crippen molar-refractivity contribution in [1.82, 2.24) is 0 Å². The van der Waals surface area contributed by atoms with Gasteiger partial charge >= 0.3 is 5.97 Å². The highest BCUT2D eigenvalue weighted by Gasteiger charge is 2.16. The van der Waals surface area contributed by atoms with E-state index in [1.54, 1.807) is 0 Å². The Bertz CT molecular complexity index is 159. The Morgan fingerprint density at radius 1 is 1.50 bits per heavy atom. The van der Waals surface area contributed by atoms with Crippen molar-refractivity contribution in [2.75, 3.05) is 0 Å². The molecule has 1 unspecified atom stereocenters. The average molecular weight is 170 g/mol. The average Bonchev–Trinajstić information content (AvgIpc) is 1.96. The van der Waals surface area contributed by atoms with Gasteiger partial charge in [0, 0.05) is 0 Å². The summed E-state index contributed by atoms with van der Waals surface area (Å²) in [5.41, 5.74) is 0. The van der Waals surface area contributed by atoms with Gasteiger partial charge in [0.25, 0.3) is 0 Å². The van der Waals surface area contributed by atoms with E-state index in [9.17, 15) is 4.79 Å². The SMILES string of the molecule is C/C=C/CC(CC(C)C)C(=O)O. The van der Waals surface area contributed by atoms with Crippen molar-refractivity contribution in [3.05, 3.63) is 12.2 Å². The minimum absolute atomic E-state index is 0.207. The third kappa shape index (κ3) is 4.94. The van der Waals surface area contributed by atoms with Gasteiger partial charge in [0.15, 0.2) is 0 Å². The van der Waals surface area contributed by atoms with Gasteiger partial charge in [-0.1, -0.05) is 26.0 Å². The smallest absolute Gasteiger partial charge is 0.306 e. The minimum atomic E-state index is -0.679. The zero-order valence-corrected chi connectivity index (χ0v) is 8.08. The molecular weight excluding hydrogens is 152 g/mol. The van der Waals surface area contributed by atoms with Crippen LogP contribution in [0.5, 0.6) is 0 Å². The minimum Gasteiger partial charge on any atom is -0.481 e. The molecule has 0 saturated carbocycles. The van der Waals surface area contributed by atoms with E-state index in [-0.39, 0.29) is 5.92 Å². The quantitative estimate of drug-likeness (QED) is 0.644. The largest absolute Gasteiger partial charge is 0.481 e. The van der Waals surface area contributed by atoms with Crippen LogP contribution >= 0.6 is 0 Å². The van der Waals surface area contributed by atoms with Crippen LogP contribution in [-0.2, 0) is 4.79 Å². The monoisotopic (exact) mass is 170 g/mol. The summed E-state index contributed by atoms with van der Waals surface area (Å²) >= 11 is 0. The van der Waals surface area contributed by atoms with Crippen molar-refractivity contribution < 1.29 is 9.90 Å². The normalized spacial score (nSPS) is 14.0. The molecule has 2 heteroatoms. The van der Waals surface area contributed by atoms with Crippen LogP contribution in [0.25, 0.3) is 0 Å². The van der Waals surface area contributed by atoms with Crippen LogP contribution in [0.1, 0.15) is 33.6 Å². The molecule has 0 aliphatic carbocycles. The van der Waals surface area contributed by atoms with Crippen LogP contribution in [0, 0.1) is 11.8 Å². The van der Waals surface area contributed by atoms with E-state index < -0.39 is 5.97 Å². The lowest BCUT2D eigenvalue weighted by molar-refractivity contribution is -0.142. The number of carboxylic acid groups (broad SMARTS) is 1. The van der Waals surface area contributed by atoms with Crippen molar-refractivity contribution in [2.45, 2.75) is 33.6 Å². The zero-order chi connectivity index (χ0) is 9.56. The summed E-state index contributed by atoms with van der Waals surface area (Å²) in [6.07, 6.45) is 5.24. The molecule has 1 N–H and O–H groups in total. The van der Waals surface area contributed by atoms with Gasteiger partial charge in [-0.2, -0.15) is 0 Å². The van der Waals surface area contributed by atoms with E-state index in [0.717, 1.165) is 6.42 Å². The molecule has 0 heterocycles. The highest BCUT2D eigenvalue weighted by molar-refractivity contribution is 5.70. The molecule has 0 aromatic carbocycles. The first-order valence-electron chi connectivity index (χ1n) is 4.41. The predicted molar refractivity (Wildman–Crippen MR) is 50.0 cm³/mol. The second kappa shape index (κ2) is 5.81. The first-order chi connectivity index (χ1) is 5.57. The van der Waals surface area contributed by atoms with Crippen LogP contribution in [0.3, 0.4) is 0 Å². The highest BCUT2D eigenvalue weighted by atomic mass is 16.4. The Labute approximate surface area is 74.3 Å². The van der Waals surface area contributed by atoms with Crippen LogP contribution in [0.15, 0.2) is 12.2 Å². The van der Waals surface area contributed by atoms with Crippen molar-refractivity contribution in [3.8, 4) is 0 Å². The Hall–Kier alpha value is -0.790. The lowest BCUT2D eigenvalue weighted by atomic mass is 9.94. The summed E-state index contributed by atoms with van der Waals surface area (Å²) in [5, 5.41) is 8.81. The number of hydrogen-bond acceptors (Lipinski definition) is 1. The fourth-order valence-corrected chi connectivity index (χ4v) is 1.17. The number of aliphatic carboxylic acids is 1. The van der Waals surface area contributed by atoms with E-state index in [0.29, 0.717) is 12.3 Å². The van der Waals surface area contributed by atoms with Gasteiger partial charge in [-0.3, -0.25) is 4.79 Å². The summed E-state index contributed by atoms with van der Waals surface area (Å²) in [4.78, 5) is 10.7. The number of hydrogen-bond donors (Lipinski definition) is 1. The topological polar surface area (TPSA) is 37.3 Å². The van der Waals surface area contributed by atoms with Gasteiger partial charge < -0.3 is 5.11 Å². The fourth-order valence-electron chi connectivity index (χ4n) is 1.17. The number of rotatable bonds is 5. The Morgan fingerprint density at radius 2 is 2.08 bits per heavy atom. The van der Waals surface area contributed by atoms with E-state index in [1.807, 2.05) is 32.9 Å². The molecule has 0 aromatic rings. The van der Waals surface area contributed by atoms with Gasteiger partial charge in [0.1, 0.15) is 0 Å². The first kappa shape index (κ1) is 11.2. The molecule has 0 saturated heterocycles. The maximum absolute atomic E-state index is 10.7. The third-order valence-electron chi connectivity index (χ3n) is 1.76. The molecule has 70 valence electrons. The molecule has 1 atom stereocenters. The van der Waals surface area contributed by atoms with Crippen molar-refractivity contribution in [1.29, 1.82) is 0 Å². The number of allylic oxidation sites excluding steroid dienone is 2. The Balaban J connectivity index is 3.95. The molecule has 2 nitrogen and oxygen atoms in total. The van der Waals surface area contributed by atoms with Gasteiger partial charge in [-0.25, -0.2) is 0 Å². The van der Waals surface area contributed by atoms with Gasteiger partial charge in [-0.05, 0) is 25.7 Å². The number of carboxylic acids is 1. The van der Waals surface area contributed by atoms with Gasteiger partial charge in [0.05, 0.1) is 5.92 Å². The van der Waals surface area contributed by atoms with Crippen molar-refractivity contribution in [2.24, 2.45) is 11.8 Å². The maximum atomic E-state index is 10.7. The molecular formula is C10H18O2. The summed E-state index contributed by atoms with van der Waals surface area (Å²) in [7, 11) is 0. The zero-order valence-electron chi connectivity index (χ0n) is 8.08. The maximum Gasteiger partial charge on any atom is 0.306 e. The van der Waals surface area contributed by atoms with Crippen LogP contribution < -0.4 is 0 Å². The summed E-state index contributed by atoms with van der Waals surface area (Å²) in [6, 6.07) is 0. The lowest BCUT2D eigenvalue weighted by Crippen LogP contribution is -2.15. The van der Waals surface area contributed by atoms with E-state index >= 15 is 0 Å². The Kier molecular flexibility index (Phi) is 5.43. The van der Waals surface area contributed by atoms with Gasteiger partial charge in [0.2, 0.25) is 0 Å². The molecule has 0 amide bonds. The second-order valence-electron chi connectivity index (χ2n) is 3.47. The van der Waals surface area contributed by atoms with Crippen LogP contribution in [0.2, 0.25) is 0 Å². The molecule has 0 aliphatic rings. The molecule has 0 spiro atoms.